The molecule has 1 amide bonds. The van der Waals surface area contributed by atoms with Crippen molar-refractivity contribution in [2.45, 2.75) is 20.0 Å². The number of hydrogen-bond donors (Lipinski definition) is 0. The number of likely N-dealkylation sites (N-methyl/N-ethyl adjacent to an activating group) is 1. The molecule has 0 unspecified atom stereocenters. The second-order valence-corrected chi connectivity index (χ2v) is 4.51. The van der Waals surface area contributed by atoms with Crippen molar-refractivity contribution in [2.75, 3.05) is 20.1 Å². The largest absolute Gasteiger partial charge is 0.451 e. The monoisotopic (exact) mass is 278 g/mol. The lowest BCUT2D eigenvalue weighted by molar-refractivity contribution is -0.131. The smallest absolute Gasteiger partial charge is 0.236 e. The third-order valence-corrected chi connectivity index (χ3v) is 3.00. The molecule has 0 aliphatic rings. The Hall–Kier alpha value is -2.15. The SMILES string of the molecule is CCN(C)C(=O)CN(Cc1cocn1)Cc1cocn1. The fourth-order valence-electron chi connectivity index (χ4n) is 1.75. The summed E-state index contributed by atoms with van der Waals surface area (Å²) in [5.41, 5.74) is 1.56. The van der Waals surface area contributed by atoms with Crippen LogP contribution in [0.2, 0.25) is 0 Å². The molecular formula is C13H18N4O3. The van der Waals surface area contributed by atoms with Crippen molar-refractivity contribution in [3.63, 3.8) is 0 Å². The molecule has 2 heterocycles. The van der Waals surface area contributed by atoms with E-state index in [1.165, 1.54) is 12.8 Å². The predicted octanol–water partition coefficient (Wildman–Crippen LogP) is 1.14. The first-order chi connectivity index (χ1) is 9.69. The minimum Gasteiger partial charge on any atom is -0.451 e. The fourth-order valence-corrected chi connectivity index (χ4v) is 1.75. The summed E-state index contributed by atoms with van der Waals surface area (Å²) in [4.78, 5) is 23.8. The first kappa shape index (κ1) is 14.3. The Labute approximate surface area is 117 Å². The van der Waals surface area contributed by atoms with E-state index >= 15 is 0 Å². The Kier molecular flexibility index (Phi) is 4.89. The van der Waals surface area contributed by atoms with Crippen LogP contribution in [-0.4, -0.2) is 45.8 Å². The third-order valence-electron chi connectivity index (χ3n) is 3.00. The first-order valence-electron chi connectivity index (χ1n) is 6.39. The number of carbonyl (C=O) groups is 1. The first-order valence-corrected chi connectivity index (χ1v) is 6.39. The van der Waals surface area contributed by atoms with Crippen molar-refractivity contribution >= 4 is 5.91 Å². The van der Waals surface area contributed by atoms with Gasteiger partial charge in [0.25, 0.3) is 0 Å². The maximum Gasteiger partial charge on any atom is 0.236 e. The van der Waals surface area contributed by atoms with Gasteiger partial charge in [0.2, 0.25) is 5.91 Å². The second-order valence-electron chi connectivity index (χ2n) is 4.51. The second kappa shape index (κ2) is 6.85. The van der Waals surface area contributed by atoms with E-state index in [1.807, 2.05) is 11.8 Å². The summed E-state index contributed by atoms with van der Waals surface area (Å²) in [6.07, 6.45) is 5.90. The molecule has 0 bridgehead atoms. The molecule has 0 radical (unpaired) electrons. The molecule has 0 aromatic carbocycles. The topological polar surface area (TPSA) is 75.6 Å². The van der Waals surface area contributed by atoms with Gasteiger partial charge >= 0.3 is 0 Å². The lowest BCUT2D eigenvalue weighted by atomic mass is 10.3. The zero-order valence-corrected chi connectivity index (χ0v) is 11.7. The maximum atomic E-state index is 12.0. The van der Waals surface area contributed by atoms with Crippen LogP contribution >= 0.6 is 0 Å². The summed E-state index contributed by atoms with van der Waals surface area (Å²) in [5, 5.41) is 0. The number of amides is 1. The van der Waals surface area contributed by atoms with Crippen molar-refractivity contribution in [2.24, 2.45) is 0 Å². The quantitative estimate of drug-likeness (QED) is 0.756. The van der Waals surface area contributed by atoms with Crippen LogP contribution in [0, 0.1) is 0 Å². The lowest BCUT2D eigenvalue weighted by Gasteiger charge is -2.22. The molecule has 2 aromatic rings. The number of rotatable bonds is 7. The van der Waals surface area contributed by atoms with Crippen LogP contribution in [0.15, 0.2) is 34.1 Å². The molecule has 7 heteroatoms. The van der Waals surface area contributed by atoms with E-state index in [0.717, 1.165) is 11.4 Å². The highest BCUT2D eigenvalue weighted by Gasteiger charge is 2.16. The van der Waals surface area contributed by atoms with Gasteiger partial charge in [0.15, 0.2) is 12.8 Å². The van der Waals surface area contributed by atoms with Gasteiger partial charge in [-0.1, -0.05) is 0 Å². The van der Waals surface area contributed by atoms with E-state index in [-0.39, 0.29) is 5.91 Å². The van der Waals surface area contributed by atoms with Crippen LogP contribution in [0.5, 0.6) is 0 Å². The van der Waals surface area contributed by atoms with E-state index in [4.69, 9.17) is 8.83 Å². The minimum atomic E-state index is 0.0551. The van der Waals surface area contributed by atoms with Crippen LogP contribution in [-0.2, 0) is 17.9 Å². The Morgan fingerprint density at radius 1 is 1.15 bits per heavy atom. The fraction of sp³-hybridized carbons (Fsp3) is 0.462. The number of carbonyl (C=O) groups excluding carboxylic acids is 1. The van der Waals surface area contributed by atoms with Crippen LogP contribution in [0.1, 0.15) is 18.3 Å². The number of nitrogens with zero attached hydrogens (tertiary/aromatic N) is 4. The number of oxazole rings is 2. The van der Waals surface area contributed by atoms with Gasteiger partial charge in [0.05, 0.1) is 17.9 Å². The van der Waals surface area contributed by atoms with Gasteiger partial charge in [0.1, 0.15) is 12.5 Å². The Bertz CT molecular complexity index is 473. The molecule has 0 aliphatic heterocycles. The Morgan fingerprint density at radius 3 is 2.10 bits per heavy atom. The maximum absolute atomic E-state index is 12.0. The highest BCUT2D eigenvalue weighted by atomic mass is 16.3. The zero-order valence-electron chi connectivity index (χ0n) is 11.7. The Morgan fingerprint density at radius 2 is 1.70 bits per heavy atom. The number of hydrogen-bond acceptors (Lipinski definition) is 6. The van der Waals surface area contributed by atoms with Crippen LogP contribution in [0.25, 0.3) is 0 Å². The van der Waals surface area contributed by atoms with Gasteiger partial charge in [-0.15, -0.1) is 0 Å². The molecule has 7 nitrogen and oxygen atoms in total. The molecule has 0 aliphatic carbocycles. The predicted molar refractivity (Wildman–Crippen MR) is 70.4 cm³/mol. The van der Waals surface area contributed by atoms with Crippen molar-refractivity contribution in [3.8, 4) is 0 Å². The molecule has 2 rings (SSSR count). The van der Waals surface area contributed by atoms with Gasteiger partial charge in [-0.2, -0.15) is 0 Å². The van der Waals surface area contributed by atoms with E-state index in [0.29, 0.717) is 26.2 Å². The molecule has 0 N–H and O–H groups in total. The van der Waals surface area contributed by atoms with Gasteiger partial charge in [0, 0.05) is 26.7 Å². The van der Waals surface area contributed by atoms with Crippen LogP contribution in [0.4, 0.5) is 0 Å². The highest BCUT2D eigenvalue weighted by Crippen LogP contribution is 2.08. The van der Waals surface area contributed by atoms with E-state index in [9.17, 15) is 4.79 Å². The van der Waals surface area contributed by atoms with Crippen molar-refractivity contribution in [1.82, 2.24) is 19.8 Å². The summed E-state index contributed by atoms with van der Waals surface area (Å²) in [6.45, 7) is 3.96. The molecule has 0 fully saturated rings. The normalized spacial score (nSPS) is 10.9. The lowest BCUT2D eigenvalue weighted by Crippen LogP contribution is -2.37. The van der Waals surface area contributed by atoms with Crippen LogP contribution in [0.3, 0.4) is 0 Å². The van der Waals surface area contributed by atoms with Gasteiger partial charge in [-0.3, -0.25) is 9.69 Å². The molecule has 0 saturated heterocycles. The van der Waals surface area contributed by atoms with Crippen molar-refractivity contribution in [1.29, 1.82) is 0 Å². The number of aromatic nitrogens is 2. The highest BCUT2D eigenvalue weighted by molar-refractivity contribution is 5.77. The van der Waals surface area contributed by atoms with Gasteiger partial charge in [-0.05, 0) is 6.92 Å². The summed E-state index contributed by atoms with van der Waals surface area (Å²) < 4.78 is 9.91. The molecule has 0 saturated carbocycles. The minimum absolute atomic E-state index is 0.0551. The zero-order chi connectivity index (χ0) is 14.4. The average molecular weight is 278 g/mol. The standard InChI is InChI=1S/C13H18N4O3/c1-3-16(2)13(18)6-17(4-11-7-19-9-14-11)5-12-8-20-10-15-12/h7-10H,3-6H2,1-2H3. The van der Waals surface area contributed by atoms with E-state index in [2.05, 4.69) is 9.97 Å². The molecule has 2 aromatic heterocycles. The van der Waals surface area contributed by atoms with Crippen molar-refractivity contribution < 1.29 is 13.6 Å². The summed E-state index contributed by atoms with van der Waals surface area (Å²) in [7, 11) is 1.78. The molecule has 0 atom stereocenters. The summed E-state index contributed by atoms with van der Waals surface area (Å²) >= 11 is 0. The van der Waals surface area contributed by atoms with Gasteiger partial charge in [-0.25, -0.2) is 9.97 Å². The molecule has 108 valence electrons. The molecular weight excluding hydrogens is 260 g/mol. The van der Waals surface area contributed by atoms with Gasteiger partial charge < -0.3 is 13.7 Å². The van der Waals surface area contributed by atoms with Crippen molar-refractivity contribution in [3.05, 3.63) is 36.7 Å². The van der Waals surface area contributed by atoms with E-state index < -0.39 is 0 Å². The summed E-state index contributed by atoms with van der Waals surface area (Å²) in [6, 6.07) is 0. The molecule has 0 spiro atoms. The molecule has 20 heavy (non-hydrogen) atoms. The third kappa shape index (κ3) is 3.92. The Balaban J connectivity index is 2.01. The summed E-state index contributed by atoms with van der Waals surface area (Å²) in [5.74, 6) is 0.0551. The van der Waals surface area contributed by atoms with Crippen LogP contribution < -0.4 is 0 Å². The average Bonchev–Trinajstić information content (AvgIpc) is 3.11. The van der Waals surface area contributed by atoms with E-state index in [1.54, 1.807) is 24.5 Å².